The van der Waals surface area contributed by atoms with E-state index in [1.165, 1.54) is 70.9 Å². The van der Waals surface area contributed by atoms with Gasteiger partial charge in [0.2, 0.25) is 0 Å². The van der Waals surface area contributed by atoms with E-state index in [1.807, 2.05) is 0 Å². The Hall–Kier alpha value is -0.0800. The average Bonchev–Trinajstić information content (AvgIpc) is 2.48. The molecule has 20 heavy (non-hydrogen) atoms. The van der Waals surface area contributed by atoms with Crippen LogP contribution in [-0.4, -0.2) is 37.1 Å². The number of rotatable bonds is 3. The fourth-order valence-electron chi connectivity index (χ4n) is 5.34. The van der Waals surface area contributed by atoms with Crippen LogP contribution >= 0.6 is 0 Å². The first-order valence-corrected chi connectivity index (χ1v) is 9.19. The summed E-state index contributed by atoms with van der Waals surface area (Å²) in [6.07, 6.45) is 13.2. The Morgan fingerprint density at radius 1 is 1.00 bits per heavy atom. The summed E-state index contributed by atoms with van der Waals surface area (Å²) in [7, 11) is 2.17. The van der Waals surface area contributed by atoms with Crippen molar-refractivity contribution in [3.63, 3.8) is 0 Å². The summed E-state index contributed by atoms with van der Waals surface area (Å²) in [5, 5.41) is 3.61. The second kappa shape index (κ2) is 6.79. The molecule has 0 radical (unpaired) electrons. The number of nitrogens with one attached hydrogen (secondary N) is 1. The van der Waals surface area contributed by atoms with E-state index in [-0.39, 0.29) is 0 Å². The van der Waals surface area contributed by atoms with Gasteiger partial charge in [0, 0.05) is 18.6 Å². The molecule has 0 bridgehead atoms. The molecule has 0 aromatic rings. The molecule has 0 spiro atoms. The van der Waals surface area contributed by atoms with E-state index in [4.69, 9.17) is 0 Å². The van der Waals surface area contributed by atoms with E-state index >= 15 is 0 Å². The van der Waals surface area contributed by atoms with Crippen molar-refractivity contribution in [2.75, 3.05) is 20.1 Å². The molecule has 2 heteroatoms. The molecule has 1 N–H and O–H groups in total. The highest BCUT2D eigenvalue weighted by molar-refractivity contribution is 4.91. The van der Waals surface area contributed by atoms with Crippen LogP contribution in [0.4, 0.5) is 0 Å². The highest BCUT2D eigenvalue weighted by atomic mass is 15.2. The summed E-state index contributed by atoms with van der Waals surface area (Å²) in [6.45, 7) is 5.21. The minimum Gasteiger partial charge on any atom is -0.317 e. The van der Waals surface area contributed by atoms with Crippen molar-refractivity contribution >= 4 is 0 Å². The molecule has 2 aliphatic carbocycles. The summed E-state index contributed by atoms with van der Waals surface area (Å²) in [5.74, 6) is 2.87. The molecule has 5 atom stereocenters. The maximum Gasteiger partial charge on any atom is 0.0124 e. The van der Waals surface area contributed by atoms with Gasteiger partial charge in [0.1, 0.15) is 0 Å². The Morgan fingerprint density at radius 2 is 1.80 bits per heavy atom. The molecule has 2 saturated carbocycles. The summed E-state index contributed by atoms with van der Waals surface area (Å²) in [6, 6.07) is 1.71. The van der Waals surface area contributed by atoms with Gasteiger partial charge in [-0.25, -0.2) is 0 Å². The number of fused-ring (bicyclic) bond motifs is 1. The zero-order chi connectivity index (χ0) is 13.9. The van der Waals surface area contributed by atoms with Gasteiger partial charge in [0.25, 0.3) is 0 Å². The van der Waals surface area contributed by atoms with Gasteiger partial charge in [-0.3, -0.25) is 4.90 Å². The van der Waals surface area contributed by atoms with Crippen LogP contribution in [0.25, 0.3) is 0 Å². The van der Waals surface area contributed by atoms with Gasteiger partial charge in [-0.2, -0.15) is 0 Å². The second-order valence-electron chi connectivity index (χ2n) is 7.82. The number of nitrogens with zero attached hydrogens (tertiary/aromatic N) is 1. The molecule has 1 aliphatic heterocycles. The van der Waals surface area contributed by atoms with Crippen LogP contribution in [0.5, 0.6) is 0 Å². The van der Waals surface area contributed by atoms with Gasteiger partial charge in [0.15, 0.2) is 0 Å². The maximum atomic E-state index is 3.61. The molecule has 1 saturated heterocycles. The van der Waals surface area contributed by atoms with E-state index < -0.39 is 0 Å². The van der Waals surface area contributed by atoms with Crippen LogP contribution in [-0.2, 0) is 0 Å². The Labute approximate surface area is 125 Å². The molecule has 1 heterocycles. The summed E-state index contributed by atoms with van der Waals surface area (Å²) in [4.78, 5) is 2.90. The van der Waals surface area contributed by atoms with E-state index in [2.05, 4.69) is 24.2 Å². The van der Waals surface area contributed by atoms with Crippen molar-refractivity contribution in [2.24, 2.45) is 17.8 Å². The second-order valence-corrected chi connectivity index (χ2v) is 7.82. The van der Waals surface area contributed by atoms with Crippen molar-refractivity contribution < 1.29 is 0 Å². The Morgan fingerprint density at radius 3 is 2.65 bits per heavy atom. The smallest absolute Gasteiger partial charge is 0.0124 e. The van der Waals surface area contributed by atoms with Gasteiger partial charge in [-0.05, 0) is 76.3 Å². The molecule has 3 fully saturated rings. The molecule has 0 aromatic heterocycles. The van der Waals surface area contributed by atoms with Crippen LogP contribution < -0.4 is 5.32 Å². The van der Waals surface area contributed by atoms with Crippen LogP contribution in [0.3, 0.4) is 0 Å². The van der Waals surface area contributed by atoms with Crippen LogP contribution in [0.15, 0.2) is 0 Å². The lowest BCUT2D eigenvalue weighted by Crippen LogP contribution is -2.52. The minimum absolute atomic E-state index is 0.773. The third-order valence-corrected chi connectivity index (χ3v) is 6.44. The van der Waals surface area contributed by atoms with Crippen molar-refractivity contribution in [2.45, 2.75) is 76.8 Å². The first-order valence-electron chi connectivity index (χ1n) is 9.19. The third kappa shape index (κ3) is 3.22. The Bertz CT molecular complexity index is 302. The zero-order valence-electron chi connectivity index (χ0n) is 13.6. The summed E-state index contributed by atoms with van der Waals surface area (Å²) < 4.78 is 0. The first-order chi connectivity index (χ1) is 9.78. The molecule has 3 unspecified atom stereocenters. The topological polar surface area (TPSA) is 15.3 Å². The Kier molecular flexibility index (Phi) is 5.04. The van der Waals surface area contributed by atoms with Gasteiger partial charge in [0.05, 0.1) is 0 Å². The molecule has 0 amide bonds. The maximum absolute atomic E-state index is 3.61. The first kappa shape index (κ1) is 14.8. The predicted octanol–water partition coefficient (Wildman–Crippen LogP) is 3.67. The Balaban J connectivity index is 1.62. The fourth-order valence-corrected chi connectivity index (χ4v) is 5.34. The number of likely N-dealkylation sites (tertiary alicyclic amines) is 1. The normalized spacial score (nSPS) is 43.2. The monoisotopic (exact) mass is 278 g/mol. The molecule has 0 aromatic carbocycles. The standard InChI is InChI=1S/C18H34N2/c1-14-9-10-17(19-2)16(12-14)13-20-11-5-7-15-6-3-4-8-18(15)20/h14-19H,3-13H2,1-2H3/t14?,15-,16?,17?,18-/m1/s1. The average molecular weight is 278 g/mol. The van der Waals surface area contributed by atoms with Crippen molar-refractivity contribution in [1.82, 2.24) is 10.2 Å². The van der Waals surface area contributed by atoms with E-state index in [0.29, 0.717) is 0 Å². The lowest BCUT2D eigenvalue weighted by Gasteiger charge is -2.47. The largest absolute Gasteiger partial charge is 0.317 e. The molecular formula is C18H34N2. The minimum atomic E-state index is 0.773. The van der Waals surface area contributed by atoms with Gasteiger partial charge in [-0.15, -0.1) is 0 Å². The molecular weight excluding hydrogens is 244 g/mol. The highest BCUT2D eigenvalue weighted by Gasteiger charge is 2.36. The van der Waals surface area contributed by atoms with Gasteiger partial charge in [-0.1, -0.05) is 19.8 Å². The number of hydrogen-bond donors (Lipinski definition) is 1. The van der Waals surface area contributed by atoms with E-state index in [9.17, 15) is 0 Å². The third-order valence-electron chi connectivity index (χ3n) is 6.44. The number of piperidine rings is 1. The SMILES string of the molecule is CNC1CCC(C)CC1CN1CCC[C@H]2CCCC[C@H]21. The predicted molar refractivity (Wildman–Crippen MR) is 85.9 cm³/mol. The van der Waals surface area contributed by atoms with Crippen molar-refractivity contribution in [1.29, 1.82) is 0 Å². The van der Waals surface area contributed by atoms with Crippen LogP contribution in [0, 0.1) is 17.8 Å². The quantitative estimate of drug-likeness (QED) is 0.847. The lowest BCUT2D eigenvalue weighted by molar-refractivity contribution is 0.0331. The molecule has 116 valence electrons. The van der Waals surface area contributed by atoms with E-state index in [1.54, 1.807) is 0 Å². The number of hydrogen-bond acceptors (Lipinski definition) is 2. The highest BCUT2D eigenvalue weighted by Crippen LogP contribution is 2.37. The van der Waals surface area contributed by atoms with Crippen LogP contribution in [0.2, 0.25) is 0 Å². The van der Waals surface area contributed by atoms with Gasteiger partial charge >= 0.3 is 0 Å². The van der Waals surface area contributed by atoms with E-state index in [0.717, 1.165) is 29.8 Å². The molecule has 3 aliphatic rings. The fraction of sp³-hybridized carbons (Fsp3) is 1.00. The van der Waals surface area contributed by atoms with Crippen molar-refractivity contribution in [3.05, 3.63) is 0 Å². The molecule has 2 nitrogen and oxygen atoms in total. The zero-order valence-corrected chi connectivity index (χ0v) is 13.6. The lowest BCUT2D eigenvalue weighted by atomic mass is 9.75. The van der Waals surface area contributed by atoms with Gasteiger partial charge < -0.3 is 5.32 Å². The van der Waals surface area contributed by atoms with Crippen molar-refractivity contribution in [3.8, 4) is 0 Å². The summed E-state index contributed by atoms with van der Waals surface area (Å²) >= 11 is 0. The summed E-state index contributed by atoms with van der Waals surface area (Å²) in [5.41, 5.74) is 0. The van der Waals surface area contributed by atoms with Crippen LogP contribution in [0.1, 0.15) is 64.7 Å². The molecule has 3 rings (SSSR count).